The fourth-order valence-corrected chi connectivity index (χ4v) is 5.70. The number of ether oxygens (including phenoxy) is 1. The van der Waals surface area contributed by atoms with Crippen molar-refractivity contribution < 1.29 is 36.1 Å². The summed E-state index contributed by atoms with van der Waals surface area (Å²) in [6.45, 7) is 5.28. The minimum absolute atomic E-state index is 0. The molecule has 0 spiro atoms. The first-order chi connectivity index (χ1) is 14.9. The van der Waals surface area contributed by atoms with Gasteiger partial charge in [0.2, 0.25) is 0 Å². The summed E-state index contributed by atoms with van der Waals surface area (Å²) in [5, 5.41) is 9.79. The Labute approximate surface area is 203 Å². The highest BCUT2D eigenvalue weighted by atomic mass is 79.9. The predicted molar refractivity (Wildman–Crippen MR) is 123 cm³/mol. The van der Waals surface area contributed by atoms with Gasteiger partial charge in [0, 0.05) is 31.2 Å². The van der Waals surface area contributed by atoms with E-state index in [-0.39, 0.29) is 35.7 Å². The molecule has 174 valence electrons. The van der Waals surface area contributed by atoms with Crippen LogP contribution in [0.3, 0.4) is 0 Å². The number of piperidine rings is 1. The standard InChI is InChI=1S/C27H36NO3.BrH/c1-19(2)21-11-9-20(10-12-21)17-28(3)23-13-14-24(28)16-25(15-23)31-27(30)26(18-29)22-7-5-4-6-8-22;/h4-12,19,23-26,29H,13-18H2,1-3H3;1H/q+1;/p-1. The van der Waals surface area contributed by atoms with Crippen molar-refractivity contribution in [2.75, 3.05) is 13.7 Å². The van der Waals surface area contributed by atoms with Crippen molar-refractivity contribution in [1.82, 2.24) is 0 Å². The second kappa shape index (κ2) is 10.5. The number of nitrogens with zero attached hydrogens (tertiary/aromatic N) is 1. The molecule has 0 amide bonds. The van der Waals surface area contributed by atoms with Gasteiger partial charge in [-0.15, -0.1) is 0 Å². The molecule has 2 aliphatic heterocycles. The molecule has 0 aromatic heterocycles. The van der Waals surface area contributed by atoms with Crippen LogP contribution in [0.5, 0.6) is 0 Å². The second-order valence-corrected chi connectivity index (χ2v) is 9.96. The van der Waals surface area contributed by atoms with E-state index in [2.05, 4.69) is 45.2 Å². The monoisotopic (exact) mass is 501 g/mol. The van der Waals surface area contributed by atoms with Crippen molar-refractivity contribution in [3.63, 3.8) is 0 Å². The number of hydrogen-bond donors (Lipinski definition) is 1. The third-order valence-electron chi connectivity index (χ3n) is 7.69. The minimum atomic E-state index is -0.596. The van der Waals surface area contributed by atoms with E-state index in [9.17, 15) is 9.90 Å². The normalized spacial score (nSPS) is 27.6. The van der Waals surface area contributed by atoms with E-state index in [0.717, 1.165) is 29.4 Å². The Morgan fingerprint density at radius 3 is 2.12 bits per heavy atom. The first-order valence-corrected chi connectivity index (χ1v) is 11.7. The van der Waals surface area contributed by atoms with E-state index in [1.54, 1.807) is 0 Å². The molecule has 4 nitrogen and oxygen atoms in total. The Kier molecular flexibility index (Phi) is 8.18. The number of carbonyl (C=O) groups excluding carboxylic acids is 1. The van der Waals surface area contributed by atoms with Crippen LogP contribution in [0.1, 0.15) is 68.1 Å². The molecule has 1 N–H and O–H groups in total. The number of esters is 1. The number of aliphatic hydroxyl groups is 1. The van der Waals surface area contributed by atoms with Crippen LogP contribution in [0, 0.1) is 0 Å². The quantitative estimate of drug-likeness (QED) is 0.464. The molecular formula is C27H36BrNO3. The third-order valence-corrected chi connectivity index (χ3v) is 7.69. The summed E-state index contributed by atoms with van der Waals surface area (Å²) < 4.78 is 7.01. The Hall–Kier alpha value is -1.69. The molecule has 0 saturated carbocycles. The van der Waals surface area contributed by atoms with Crippen LogP contribution < -0.4 is 17.0 Å². The number of fused-ring (bicyclic) bond motifs is 2. The minimum Gasteiger partial charge on any atom is -1.00 e. The number of hydrogen-bond acceptors (Lipinski definition) is 3. The molecule has 2 aliphatic rings. The molecule has 0 radical (unpaired) electrons. The van der Waals surface area contributed by atoms with Crippen LogP contribution in [-0.4, -0.2) is 47.4 Å². The fraction of sp³-hybridized carbons (Fsp3) is 0.519. The van der Waals surface area contributed by atoms with Crippen LogP contribution >= 0.6 is 0 Å². The summed E-state index contributed by atoms with van der Waals surface area (Å²) in [6.07, 6.45) is 4.17. The molecule has 2 aromatic rings. The van der Waals surface area contributed by atoms with Crippen LogP contribution in [0.4, 0.5) is 0 Å². The lowest BCUT2D eigenvalue weighted by atomic mass is 9.94. The first kappa shape index (κ1) is 24.9. The molecule has 4 rings (SSSR count). The molecule has 0 aliphatic carbocycles. The van der Waals surface area contributed by atoms with Crippen LogP contribution in [-0.2, 0) is 16.1 Å². The molecule has 5 heteroatoms. The van der Waals surface area contributed by atoms with Crippen LogP contribution in [0.2, 0.25) is 0 Å². The average molecular weight is 502 g/mol. The molecule has 3 unspecified atom stereocenters. The van der Waals surface area contributed by atoms with Crippen molar-refractivity contribution in [3.8, 4) is 0 Å². The Morgan fingerprint density at radius 1 is 1.00 bits per heavy atom. The van der Waals surface area contributed by atoms with Gasteiger partial charge in [-0.3, -0.25) is 4.79 Å². The van der Waals surface area contributed by atoms with Gasteiger partial charge in [0.1, 0.15) is 18.6 Å². The van der Waals surface area contributed by atoms with Gasteiger partial charge in [-0.2, -0.15) is 0 Å². The second-order valence-electron chi connectivity index (χ2n) is 9.96. The lowest BCUT2D eigenvalue weighted by molar-refractivity contribution is -0.961. The molecule has 32 heavy (non-hydrogen) atoms. The summed E-state index contributed by atoms with van der Waals surface area (Å²) in [4.78, 5) is 12.8. The SMILES string of the molecule is CC(C)c1ccc(C[N+]2(C)C3CCC2CC(OC(=O)C(CO)c2ccccc2)C3)cc1.[Br-]. The molecule has 2 aromatic carbocycles. The van der Waals surface area contributed by atoms with Gasteiger partial charge in [0.05, 0.1) is 25.7 Å². The number of benzene rings is 2. The smallest absolute Gasteiger partial charge is 0.316 e. The zero-order valence-electron chi connectivity index (χ0n) is 19.4. The van der Waals surface area contributed by atoms with E-state index in [4.69, 9.17) is 4.74 Å². The zero-order chi connectivity index (χ0) is 22.0. The third kappa shape index (κ3) is 5.11. The molecule has 2 saturated heterocycles. The van der Waals surface area contributed by atoms with E-state index in [0.29, 0.717) is 18.0 Å². The van der Waals surface area contributed by atoms with E-state index in [1.165, 1.54) is 24.0 Å². The average Bonchev–Trinajstić information content (AvgIpc) is 2.92. The maximum atomic E-state index is 12.8. The highest BCUT2D eigenvalue weighted by Gasteiger charge is 2.52. The molecule has 3 atom stereocenters. The van der Waals surface area contributed by atoms with Crippen molar-refractivity contribution in [3.05, 3.63) is 71.3 Å². The fourth-order valence-electron chi connectivity index (χ4n) is 5.70. The molecule has 2 bridgehead atoms. The Balaban J connectivity index is 0.00000289. The van der Waals surface area contributed by atoms with Gasteiger partial charge in [0.25, 0.3) is 0 Å². The van der Waals surface area contributed by atoms with Crippen molar-refractivity contribution in [2.45, 2.75) is 76.1 Å². The first-order valence-electron chi connectivity index (χ1n) is 11.7. The number of quaternary nitrogens is 1. The number of halogens is 1. The van der Waals surface area contributed by atoms with Gasteiger partial charge in [-0.05, 0) is 17.0 Å². The lowest BCUT2D eigenvalue weighted by Crippen LogP contribution is -3.00. The summed E-state index contributed by atoms with van der Waals surface area (Å²) in [6, 6.07) is 19.6. The molecule has 2 fully saturated rings. The van der Waals surface area contributed by atoms with E-state index in [1.807, 2.05) is 30.3 Å². The predicted octanol–water partition coefficient (Wildman–Crippen LogP) is 1.77. The lowest BCUT2D eigenvalue weighted by Gasteiger charge is -2.47. The zero-order valence-corrected chi connectivity index (χ0v) is 21.0. The van der Waals surface area contributed by atoms with Gasteiger partial charge in [-0.1, -0.05) is 68.4 Å². The van der Waals surface area contributed by atoms with Crippen LogP contribution in [0.15, 0.2) is 54.6 Å². The number of carbonyl (C=O) groups is 1. The van der Waals surface area contributed by atoms with Gasteiger partial charge >= 0.3 is 5.97 Å². The summed E-state index contributed by atoms with van der Waals surface area (Å²) in [5.41, 5.74) is 3.60. The summed E-state index contributed by atoms with van der Waals surface area (Å²) in [7, 11) is 2.39. The summed E-state index contributed by atoms with van der Waals surface area (Å²) >= 11 is 0. The maximum Gasteiger partial charge on any atom is 0.316 e. The van der Waals surface area contributed by atoms with Crippen LogP contribution in [0.25, 0.3) is 0 Å². The molecular weight excluding hydrogens is 466 g/mol. The largest absolute Gasteiger partial charge is 1.00 e. The van der Waals surface area contributed by atoms with Gasteiger partial charge < -0.3 is 31.3 Å². The van der Waals surface area contributed by atoms with Crippen molar-refractivity contribution >= 4 is 5.97 Å². The highest BCUT2D eigenvalue weighted by Crippen LogP contribution is 2.43. The number of rotatable bonds is 7. The molecule has 2 heterocycles. The van der Waals surface area contributed by atoms with E-state index < -0.39 is 5.92 Å². The van der Waals surface area contributed by atoms with Gasteiger partial charge in [0.15, 0.2) is 0 Å². The Morgan fingerprint density at radius 2 is 1.59 bits per heavy atom. The number of aliphatic hydroxyl groups excluding tert-OH is 1. The topological polar surface area (TPSA) is 46.5 Å². The summed E-state index contributed by atoms with van der Waals surface area (Å²) in [5.74, 6) is -0.335. The van der Waals surface area contributed by atoms with Gasteiger partial charge in [-0.25, -0.2) is 0 Å². The van der Waals surface area contributed by atoms with E-state index >= 15 is 0 Å². The Bertz CT molecular complexity index is 870. The van der Waals surface area contributed by atoms with Crippen molar-refractivity contribution in [2.24, 2.45) is 0 Å². The highest BCUT2D eigenvalue weighted by molar-refractivity contribution is 5.78. The maximum absolute atomic E-state index is 12.8. The van der Waals surface area contributed by atoms with Crippen molar-refractivity contribution in [1.29, 1.82) is 0 Å².